The lowest BCUT2D eigenvalue weighted by Crippen LogP contribution is -2.19. The van der Waals surface area contributed by atoms with E-state index in [9.17, 15) is 9.90 Å². The predicted octanol–water partition coefficient (Wildman–Crippen LogP) is 3.85. The second kappa shape index (κ2) is 6.61. The molecule has 0 saturated heterocycles. The van der Waals surface area contributed by atoms with Crippen molar-refractivity contribution in [1.82, 2.24) is 5.43 Å². The Hall–Kier alpha value is -2.04. The molecule has 0 radical (unpaired) electrons. The Bertz CT molecular complexity index is 715. The highest BCUT2D eigenvalue weighted by Gasteiger charge is 2.11. The first kappa shape index (κ1) is 15.4. The van der Waals surface area contributed by atoms with Crippen LogP contribution in [0.2, 0.25) is 10.0 Å². The van der Waals surface area contributed by atoms with E-state index in [1.54, 1.807) is 19.1 Å². The van der Waals surface area contributed by atoms with E-state index in [1.165, 1.54) is 18.2 Å². The number of rotatable bonds is 3. The molecule has 0 aliphatic heterocycles. The van der Waals surface area contributed by atoms with Gasteiger partial charge in [0.05, 0.1) is 11.3 Å². The molecule has 0 aromatic heterocycles. The second-order valence-corrected chi connectivity index (χ2v) is 5.12. The first-order chi connectivity index (χ1) is 9.99. The average Bonchev–Trinajstić information content (AvgIpc) is 2.47. The molecule has 0 unspecified atom stereocenters. The minimum absolute atomic E-state index is 0.0539. The molecular weight excluding hydrogens is 311 g/mol. The van der Waals surface area contributed by atoms with Crippen LogP contribution < -0.4 is 5.43 Å². The Morgan fingerprint density at radius 1 is 1.14 bits per heavy atom. The number of aromatic hydroxyl groups is 1. The van der Waals surface area contributed by atoms with E-state index >= 15 is 0 Å². The molecular formula is C15H12Cl2N2O2. The van der Waals surface area contributed by atoms with E-state index in [0.29, 0.717) is 15.8 Å². The quantitative estimate of drug-likeness (QED) is 0.666. The summed E-state index contributed by atoms with van der Waals surface area (Å²) in [4.78, 5) is 12.0. The Kier molecular flexibility index (Phi) is 4.83. The first-order valence-corrected chi connectivity index (χ1v) is 6.82. The molecule has 4 nitrogen and oxygen atoms in total. The minimum atomic E-state index is -0.554. The standard InChI is InChI=1S/C15H12Cl2N2O2/c1-9(11-4-2-3-5-13(11)17)18-19-15(21)12-8-10(16)6-7-14(12)20/h2-8,20H,1H3,(H,19,21). The molecule has 108 valence electrons. The third-order valence-corrected chi connectivity index (χ3v) is 3.36. The maximum Gasteiger partial charge on any atom is 0.275 e. The first-order valence-electron chi connectivity index (χ1n) is 6.07. The van der Waals surface area contributed by atoms with Gasteiger partial charge in [0.25, 0.3) is 5.91 Å². The lowest BCUT2D eigenvalue weighted by Gasteiger charge is -2.06. The molecule has 0 spiro atoms. The zero-order valence-electron chi connectivity index (χ0n) is 11.1. The number of phenols is 1. The number of carbonyl (C=O) groups is 1. The number of carbonyl (C=O) groups excluding carboxylic acids is 1. The SMILES string of the molecule is CC(=NNC(=O)c1cc(Cl)ccc1O)c1ccccc1Cl. The van der Waals surface area contributed by atoms with Gasteiger partial charge in [0, 0.05) is 15.6 Å². The third-order valence-electron chi connectivity index (χ3n) is 2.79. The van der Waals surface area contributed by atoms with Crippen molar-refractivity contribution in [2.24, 2.45) is 5.10 Å². The fourth-order valence-electron chi connectivity index (χ4n) is 1.70. The summed E-state index contributed by atoms with van der Waals surface area (Å²) in [6.07, 6.45) is 0. The highest BCUT2D eigenvalue weighted by molar-refractivity contribution is 6.34. The van der Waals surface area contributed by atoms with E-state index in [4.69, 9.17) is 23.2 Å². The van der Waals surface area contributed by atoms with Crippen molar-refractivity contribution in [1.29, 1.82) is 0 Å². The molecule has 0 aliphatic rings. The summed E-state index contributed by atoms with van der Waals surface area (Å²) in [5.74, 6) is -0.719. The van der Waals surface area contributed by atoms with Crippen LogP contribution in [0.15, 0.2) is 47.6 Å². The Balaban J connectivity index is 2.19. The van der Waals surface area contributed by atoms with Gasteiger partial charge in [0.15, 0.2) is 0 Å². The molecule has 2 N–H and O–H groups in total. The highest BCUT2D eigenvalue weighted by atomic mass is 35.5. The Morgan fingerprint density at radius 3 is 2.57 bits per heavy atom. The van der Waals surface area contributed by atoms with Crippen molar-refractivity contribution in [3.05, 3.63) is 63.6 Å². The van der Waals surface area contributed by atoms with E-state index in [-0.39, 0.29) is 11.3 Å². The predicted molar refractivity (Wildman–Crippen MR) is 84.2 cm³/mol. The summed E-state index contributed by atoms with van der Waals surface area (Å²) >= 11 is 11.8. The van der Waals surface area contributed by atoms with Crippen LogP contribution in [0.4, 0.5) is 0 Å². The van der Waals surface area contributed by atoms with Crippen molar-refractivity contribution in [3.8, 4) is 5.75 Å². The molecule has 0 saturated carbocycles. The number of benzene rings is 2. The zero-order chi connectivity index (χ0) is 15.4. The maximum atomic E-state index is 12.0. The highest BCUT2D eigenvalue weighted by Crippen LogP contribution is 2.21. The molecule has 21 heavy (non-hydrogen) atoms. The maximum absolute atomic E-state index is 12.0. The van der Waals surface area contributed by atoms with Crippen LogP contribution in [0.1, 0.15) is 22.8 Å². The second-order valence-electron chi connectivity index (χ2n) is 4.28. The number of nitrogens with zero attached hydrogens (tertiary/aromatic N) is 1. The van der Waals surface area contributed by atoms with Crippen LogP contribution in [-0.2, 0) is 0 Å². The van der Waals surface area contributed by atoms with Gasteiger partial charge in [0.2, 0.25) is 0 Å². The normalized spacial score (nSPS) is 11.3. The topological polar surface area (TPSA) is 61.7 Å². The van der Waals surface area contributed by atoms with Crippen LogP contribution in [-0.4, -0.2) is 16.7 Å². The van der Waals surface area contributed by atoms with Gasteiger partial charge < -0.3 is 5.11 Å². The van der Waals surface area contributed by atoms with Gasteiger partial charge in [-0.3, -0.25) is 4.79 Å². The van der Waals surface area contributed by atoms with Gasteiger partial charge in [-0.1, -0.05) is 41.4 Å². The molecule has 0 bridgehead atoms. The van der Waals surface area contributed by atoms with E-state index in [1.807, 2.05) is 12.1 Å². The fourth-order valence-corrected chi connectivity index (χ4v) is 2.14. The smallest absolute Gasteiger partial charge is 0.275 e. The lowest BCUT2D eigenvalue weighted by molar-refractivity contribution is 0.0952. The van der Waals surface area contributed by atoms with Crippen molar-refractivity contribution in [3.63, 3.8) is 0 Å². The summed E-state index contributed by atoms with van der Waals surface area (Å²) < 4.78 is 0. The van der Waals surface area contributed by atoms with Crippen molar-refractivity contribution < 1.29 is 9.90 Å². The van der Waals surface area contributed by atoms with Gasteiger partial charge in [-0.25, -0.2) is 5.43 Å². The van der Waals surface area contributed by atoms with Crippen LogP contribution in [0.5, 0.6) is 5.75 Å². The number of nitrogens with one attached hydrogen (secondary N) is 1. The summed E-state index contributed by atoms with van der Waals surface area (Å²) in [7, 11) is 0. The van der Waals surface area contributed by atoms with Crippen LogP contribution in [0.3, 0.4) is 0 Å². The largest absolute Gasteiger partial charge is 0.507 e. The van der Waals surface area contributed by atoms with E-state index < -0.39 is 5.91 Å². The Labute approximate surface area is 132 Å². The minimum Gasteiger partial charge on any atom is -0.507 e. The Morgan fingerprint density at radius 2 is 1.86 bits per heavy atom. The van der Waals surface area contributed by atoms with E-state index in [2.05, 4.69) is 10.5 Å². The van der Waals surface area contributed by atoms with Crippen LogP contribution in [0.25, 0.3) is 0 Å². The monoisotopic (exact) mass is 322 g/mol. The molecule has 2 aromatic rings. The fraction of sp³-hybridized carbons (Fsp3) is 0.0667. The number of amides is 1. The summed E-state index contributed by atoms with van der Waals surface area (Å²) in [6, 6.07) is 11.4. The number of phenolic OH excluding ortho intramolecular Hbond substituents is 1. The molecule has 0 heterocycles. The van der Waals surface area contributed by atoms with Crippen LogP contribution in [0, 0.1) is 0 Å². The number of halogens is 2. The van der Waals surface area contributed by atoms with Gasteiger partial charge in [0.1, 0.15) is 5.75 Å². The molecule has 0 aliphatic carbocycles. The summed E-state index contributed by atoms with van der Waals surface area (Å²) in [5, 5.41) is 14.5. The lowest BCUT2D eigenvalue weighted by atomic mass is 10.1. The van der Waals surface area contributed by atoms with Crippen molar-refractivity contribution in [2.45, 2.75) is 6.92 Å². The summed E-state index contributed by atoms with van der Waals surface area (Å²) in [5.41, 5.74) is 3.69. The number of hydrogen-bond acceptors (Lipinski definition) is 3. The van der Waals surface area contributed by atoms with Gasteiger partial charge >= 0.3 is 0 Å². The molecule has 6 heteroatoms. The van der Waals surface area contributed by atoms with Gasteiger partial charge in [-0.15, -0.1) is 0 Å². The average molecular weight is 323 g/mol. The molecule has 2 rings (SSSR count). The number of hydrazone groups is 1. The number of hydrogen-bond donors (Lipinski definition) is 2. The summed E-state index contributed by atoms with van der Waals surface area (Å²) in [6.45, 7) is 1.72. The van der Waals surface area contributed by atoms with Gasteiger partial charge in [-0.2, -0.15) is 5.10 Å². The zero-order valence-corrected chi connectivity index (χ0v) is 12.6. The van der Waals surface area contributed by atoms with Crippen molar-refractivity contribution >= 4 is 34.8 Å². The molecule has 0 fully saturated rings. The molecule has 2 aromatic carbocycles. The van der Waals surface area contributed by atoms with Gasteiger partial charge in [-0.05, 0) is 31.2 Å². The molecule has 1 amide bonds. The third kappa shape index (κ3) is 3.74. The van der Waals surface area contributed by atoms with E-state index in [0.717, 1.165) is 5.56 Å². The molecule has 0 atom stereocenters. The van der Waals surface area contributed by atoms with Crippen molar-refractivity contribution in [2.75, 3.05) is 0 Å². The van der Waals surface area contributed by atoms with Crippen LogP contribution >= 0.6 is 23.2 Å².